The average Bonchev–Trinajstić information content (AvgIpc) is 3.16. The molecule has 0 unspecified atom stereocenters. The summed E-state index contributed by atoms with van der Waals surface area (Å²) in [5, 5.41) is 11.6. The number of hydrogen-bond acceptors (Lipinski definition) is 7. The SMILES string of the molecule is N#Cc1ccccc1NC(=O)C(=O)[C@@H](C(=O)c1ccncc1)[C@@H]1OC(=O)c2ccccc21. The first-order valence-corrected chi connectivity index (χ1v) is 9.59. The second kappa shape index (κ2) is 8.62. The van der Waals surface area contributed by atoms with E-state index in [1.807, 2.05) is 6.07 Å². The number of benzene rings is 2. The second-order valence-electron chi connectivity index (χ2n) is 6.97. The number of anilines is 1. The van der Waals surface area contributed by atoms with Gasteiger partial charge in [-0.2, -0.15) is 5.26 Å². The van der Waals surface area contributed by atoms with Gasteiger partial charge in [-0.05, 0) is 30.3 Å². The summed E-state index contributed by atoms with van der Waals surface area (Å²) in [6, 6.07) is 17.3. The summed E-state index contributed by atoms with van der Waals surface area (Å²) < 4.78 is 5.37. The monoisotopic (exact) mass is 425 g/mol. The lowest BCUT2D eigenvalue weighted by Gasteiger charge is -2.21. The molecule has 4 rings (SSSR count). The molecule has 1 aliphatic heterocycles. The minimum absolute atomic E-state index is 0.132. The Morgan fingerprint density at radius 2 is 1.69 bits per heavy atom. The molecule has 1 N–H and O–H groups in total. The van der Waals surface area contributed by atoms with Gasteiger partial charge in [0.1, 0.15) is 18.1 Å². The number of aromatic nitrogens is 1. The largest absolute Gasteiger partial charge is 0.453 e. The molecule has 2 heterocycles. The van der Waals surface area contributed by atoms with Crippen molar-refractivity contribution in [2.75, 3.05) is 5.32 Å². The fourth-order valence-electron chi connectivity index (χ4n) is 3.53. The van der Waals surface area contributed by atoms with E-state index in [4.69, 9.17) is 4.74 Å². The molecule has 3 aromatic rings. The minimum atomic E-state index is -1.61. The van der Waals surface area contributed by atoms with E-state index < -0.39 is 35.5 Å². The maximum Gasteiger partial charge on any atom is 0.339 e. The number of ketones is 2. The highest BCUT2D eigenvalue weighted by atomic mass is 16.5. The number of carbonyl (C=O) groups excluding carboxylic acids is 4. The number of nitrogens with one attached hydrogen (secondary N) is 1. The summed E-state index contributed by atoms with van der Waals surface area (Å²) in [5.41, 5.74) is 1.01. The predicted octanol–water partition coefficient (Wildman–Crippen LogP) is 2.87. The zero-order valence-electron chi connectivity index (χ0n) is 16.5. The van der Waals surface area contributed by atoms with Crippen LogP contribution in [0.4, 0.5) is 5.69 Å². The maximum atomic E-state index is 13.3. The number of pyridine rings is 1. The van der Waals surface area contributed by atoms with Gasteiger partial charge in [0.2, 0.25) is 5.78 Å². The molecule has 156 valence electrons. The number of hydrogen-bond donors (Lipinski definition) is 1. The Bertz CT molecular complexity index is 1280. The predicted molar refractivity (Wildman–Crippen MR) is 111 cm³/mol. The van der Waals surface area contributed by atoms with Gasteiger partial charge >= 0.3 is 5.97 Å². The van der Waals surface area contributed by atoms with Crippen LogP contribution in [0.2, 0.25) is 0 Å². The molecule has 2 atom stereocenters. The number of para-hydroxylation sites is 1. The number of carbonyl (C=O) groups is 4. The van der Waals surface area contributed by atoms with E-state index in [0.29, 0.717) is 5.56 Å². The Balaban J connectivity index is 1.72. The number of ether oxygens (including phenoxy) is 1. The highest BCUT2D eigenvalue weighted by molar-refractivity contribution is 6.45. The van der Waals surface area contributed by atoms with E-state index in [1.165, 1.54) is 42.7 Å². The van der Waals surface area contributed by atoms with Gasteiger partial charge in [0, 0.05) is 23.5 Å². The van der Waals surface area contributed by atoms with E-state index >= 15 is 0 Å². The number of Topliss-reactive ketones (excluding diaryl/α,β-unsaturated/α-hetero) is 2. The average molecular weight is 425 g/mol. The Hall–Kier alpha value is -4.64. The number of fused-ring (bicyclic) bond motifs is 1. The topological polar surface area (TPSA) is 126 Å². The lowest BCUT2D eigenvalue weighted by atomic mass is 9.85. The molecule has 0 fully saturated rings. The fraction of sp³-hybridized carbons (Fsp3) is 0.0833. The van der Waals surface area contributed by atoms with Gasteiger partial charge < -0.3 is 10.1 Å². The third-order valence-electron chi connectivity index (χ3n) is 5.07. The van der Waals surface area contributed by atoms with Crippen molar-refractivity contribution < 1.29 is 23.9 Å². The van der Waals surface area contributed by atoms with Crippen LogP contribution >= 0.6 is 0 Å². The maximum absolute atomic E-state index is 13.3. The molecule has 8 heteroatoms. The third kappa shape index (κ3) is 3.75. The first-order valence-electron chi connectivity index (χ1n) is 9.59. The second-order valence-corrected chi connectivity index (χ2v) is 6.97. The molecule has 0 bridgehead atoms. The van der Waals surface area contributed by atoms with E-state index in [9.17, 15) is 24.4 Å². The van der Waals surface area contributed by atoms with Crippen molar-refractivity contribution in [3.63, 3.8) is 0 Å². The van der Waals surface area contributed by atoms with Gasteiger partial charge in [0.15, 0.2) is 5.78 Å². The van der Waals surface area contributed by atoms with Crippen LogP contribution in [0.25, 0.3) is 0 Å². The molecule has 8 nitrogen and oxygen atoms in total. The van der Waals surface area contributed by atoms with E-state index in [0.717, 1.165) is 0 Å². The molecule has 1 aromatic heterocycles. The highest BCUT2D eigenvalue weighted by Gasteiger charge is 2.46. The number of rotatable bonds is 6. The van der Waals surface area contributed by atoms with Crippen LogP contribution in [0.3, 0.4) is 0 Å². The summed E-state index contributed by atoms with van der Waals surface area (Å²) in [5.74, 6) is -5.16. The number of cyclic esters (lactones) is 1. The summed E-state index contributed by atoms with van der Waals surface area (Å²) in [4.78, 5) is 55.5. The Morgan fingerprint density at radius 1 is 1.00 bits per heavy atom. The molecule has 1 amide bonds. The van der Waals surface area contributed by atoms with E-state index in [2.05, 4.69) is 10.3 Å². The molecular formula is C24H15N3O5. The Labute approximate surface area is 182 Å². The normalized spacial score (nSPS) is 15.1. The van der Waals surface area contributed by atoms with Crippen molar-refractivity contribution in [3.8, 4) is 6.07 Å². The highest BCUT2D eigenvalue weighted by Crippen LogP contribution is 2.38. The van der Waals surface area contributed by atoms with Gasteiger partial charge in [0.05, 0.1) is 16.8 Å². The van der Waals surface area contributed by atoms with Gasteiger partial charge in [-0.15, -0.1) is 0 Å². The Kier molecular flexibility index (Phi) is 5.55. The summed E-state index contributed by atoms with van der Waals surface area (Å²) in [6.07, 6.45) is 1.50. The van der Waals surface area contributed by atoms with Gasteiger partial charge in [-0.25, -0.2) is 4.79 Å². The molecule has 0 radical (unpaired) electrons. The van der Waals surface area contributed by atoms with Crippen molar-refractivity contribution in [2.24, 2.45) is 5.92 Å². The number of nitriles is 1. The third-order valence-corrected chi connectivity index (χ3v) is 5.07. The molecule has 0 spiro atoms. The number of esters is 1. The lowest BCUT2D eigenvalue weighted by Crippen LogP contribution is -2.38. The minimum Gasteiger partial charge on any atom is -0.453 e. The van der Waals surface area contributed by atoms with Crippen molar-refractivity contribution >= 4 is 29.1 Å². The first kappa shape index (κ1) is 20.6. The first-order chi connectivity index (χ1) is 15.5. The van der Waals surface area contributed by atoms with E-state index in [-0.39, 0.29) is 22.4 Å². The smallest absolute Gasteiger partial charge is 0.339 e. The van der Waals surface area contributed by atoms with Crippen molar-refractivity contribution in [3.05, 3.63) is 95.3 Å². The van der Waals surface area contributed by atoms with Gasteiger partial charge in [-0.1, -0.05) is 30.3 Å². The molecule has 0 saturated heterocycles. The van der Waals surface area contributed by atoms with Gasteiger partial charge in [-0.3, -0.25) is 19.4 Å². The van der Waals surface area contributed by atoms with Crippen molar-refractivity contribution in [1.82, 2.24) is 4.98 Å². The fourth-order valence-corrected chi connectivity index (χ4v) is 3.53. The zero-order valence-corrected chi connectivity index (χ0v) is 16.5. The van der Waals surface area contributed by atoms with Gasteiger partial charge in [0.25, 0.3) is 5.91 Å². The van der Waals surface area contributed by atoms with Crippen molar-refractivity contribution in [2.45, 2.75) is 6.10 Å². The quantitative estimate of drug-likeness (QED) is 0.278. The molecule has 0 aliphatic carbocycles. The van der Waals surface area contributed by atoms with Crippen molar-refractivity contribution in [1.29, 1.82) is 5.26 Å². The Morgan fingerprint density at radius 3 is 2.44 bits per heavy atom. The zero-order chi connectivity index (χ0) is 22.7. The van der Waals surface area contributed by atoms with Crippen LogP contribution in [0.5, 0.6) is 0 Å². The van der Waals surface area contributed by atoms with Crippen LogP contribution in [-0.4, -0.2) is 28.4 Å². The standard InChI is InChI=1S/C24H15N3O5/c25-13-15-5-1-4-8-18(15)27-23(30)21(29)19(20(28)14-9-11-26-12-10-14)22-16-6-2-3-7-17(16)24(31)32-22/h1-12,19,22H,(H,27,30)/t19-,22-/m1/s1. The van der Waals surface area contributed by atoms with Crippen LogP contribution in [0.1, 0.15) is 37.9 Å². The van der Waals surface area contributed by atoms with Crippen LogP contribution in [0, 0.1) is 17.2 Å². The lowest BCUT2D eigenvalue weighted by molar-refractivity contribution is -0.138. The molecule has 0 saturated carbocycles. The number of amides is 1. The van der Waals surface area contributed by atoms with Crippen LogP contribution in [0.15, 0.2) is 73.1 Å². The van der Waals surface area contributed by atoms with E-state index in [1.54, 1.807) is 30.3 Å². The summed E-state index contributed by atoms with van der Waals surface area (Å²) >= 11 is 0. The summed E-state index contributed by atoms with van der Waals surface area (Å²) in [6.45, 7) is 0. The molecule has 1 aliphatic rings. The summed E-state index contributed by atoms with van der Waals surface area (Å²) in [7, 11) is 0. The van der Waals surface area contributed by atoms with Crippen LogP contribution in [-0.2, 0) is 14.3 Å². The number of nitrogens with zero attached hydrogens (tertiary/aromatic N) is 2. The van der Waals surface area contributed by atoms with Crippen LogP contribution < -0.4 is 5.32 Å². The molecule has 32 heavy (non-hydrogen) atoms. The molecule has 2 aromatic carbocycles. The molecular weight excluding hydrogens is 410 g/mol.